The van der Waals surface area contributed by atoms with Crippen LogP contribution in [0.5, 0.6) is 5.75 Å². The Morgan fingerprint density at radius 3 is 2.38 bits per heavy atom. The third-order valence-electron chi connectivity index (χ3n) is 3.05. The van der Waals surface area contributed by atoms with E-state index in [0.29, 0.717) is 13.0 Å². The topological polar surface area (TPSA) is 29.5 Å². The third-order valence-corrected chi connectivity index (χ3v) is 3.05. The molecule has 0 saturated heterocycles. The van der Waals surface area contributed by atoms with Crippen LogP contribution in [0.2, 0.25) is 0 Å². The fourth-order valence-electron chi connectivity index (χ4n) is 1.94. The Hall–Kier alpha value is -2.48. The molecule has 108 valence electrons. The van der Waals surface area contributed by atoms with Gasteiger partial charge in [-0.3, -0.25) is 0 Å². The maximum absolute atomic E-state index is 8.52. The number of allylic oxidation sites excluding steroid dienone is 1. The van der Waals surface area contributed by atoms with Crippen LogP contribution >= 0.6 is 0 Å². The van der Waals surface area contributed by atoms with Crippen LogP contribution < -0.4 is 4.74 Å². The highest BCUT2D eigenvalue weighted by Crippen LogP contribution is 2.13. The predicted molar refractivity (Wildman–Crippen MR) is 87.5 cm³/mol. The second-order valence-corrected chi connectivity index (χ2v) is 4.68. The van der Waals surface area contributed by atoms with Crippen LogP contribution in [0.15, 0.2) is 73.0 Å². The fraction of sp³-hybridized carbons (Fsp3) is 0.158. The Morgan fingerprint density at radius 1 is 0.905 bits per heavy atom. The van der Waals surface area contributed by atoms with E-state index >= 15 is 0 Å². The highest BCUT2D eigenvalue weighted by Gasteiger charge is 1.94. The highest BCUT2D eigenvalue weighted by atomic mass is 16.5. The molecule has 2 aromatic carbocycles. The van der Waals surface area contributed by atoms with Crippen molar-refractivity contribution < 1.29 is 9.84 Å². The molecule has 0 bridgehead atoms. The minimum Gasteiger partial charge on any atom is -0.516 e. The molecule has 0 saturated carbocycles. The molecule has 0 aromatic heterocycles. The van der Waals surface area contributed by atoms with Gasteiger partial charge in [0.1, 0.15) is 5.75 Å². The fourth-order valence-corrected chi connectivity index (χ4v) is 1.94. The number of aliphatic hydroxyl groups is 1. The van der Waals surface area contributed by atoms with Crippen LogP contribution in [0.25, 0.3) is 6.08 Å². The first-order chi connectivity index (χ1) is 10.4. The van der Waals surface area contributed by atoms with Crippen molar-refractivity contribution in [2.24, 2.45) is 0 Å². The first-order valence-electron chi connectivity index (χ1n) is 7.11. The smallest absolute Gasteiger partial charge is 0.119 e. The van der Waals surface area contributed by atoms with Crippen LogP contribution in [0.4, 0.5) is 0 Å². The summed E-state index contributed by atoms with van der Waals surface area (Å²) in [6, 6.07) is 18.4. The van der Waals surface area contributed by atoms with Gasteiger partial charge in [-0.15, -0.1) is 0 Å². The average Bonchev–Trinajstić information content (AvgIpc) is 2.54. The lowest BCUT2D eigenvalue weighted by Gasteiger charge is -2.05. The van der Waals surface area contributed by atoms with Gasteiger partial charge in [-0.1, -0.05) is 54.6 Å². The van der Waals surface area contributed by atoms with Gasteiger partial charge in [-0.2, -0.15) is 0 Å². The Balaban J connectivity index is 1.81. The predicted octanol–water partition coefficient (Wildman–Crippen LogP) is 4.78. The summed E-state index contributed by atoms with van der Waals surface area (Å²) < 4.78 is 5.56. The van der Waals surface area contributed by atoms with E-state index in [0.717, 1.165) is 18.4 Å². The molecule has 0 fully saturated rings. The normalized spacial score (nSPS) is 11.2. The van der Waals surface area contributed by atoms with Gasteiger partial charge in [0.2, 0.25) is 0 Å². The molecule has 0 radical (unpaired) electrons. The van der Waals surface area contributed by atoms with Crippen LogP contribution in [0.3, 0.4) is 0 Å². The van der Waals surface area contributed by atoms with Crippen molar-refractivity contribution in [3.63, 3.8) is 0 Å². The van der Waals surface area contributed by atoms with Crippen molar-refractivity contribution in [1.29, 1.82) is 0 Å². The molecule has 1 N–H and O–H groups in total. The molecule has 0 heterocycles. The lowest BCUT2D eigenvalue weighted by molar-refractivity contribution is 0.323. The lowest BCUT2D eigenvalue weighted by Crippen LogP contribution is -1.95. The van der Waals surface area contributed by atoms with Gasteiger partial charge >= 0.3 is 0 Å². The molecule has 2 aromatic rings. The molecular formula is C19H20O2. The monoisotopic (exact) mass is 280 g/mol. The third kappa shape index (κ3) is 5.57. The van der Waals surface area contributed by atoms with Crippen molar-refractivity contribution in [2.45, 2.75) is 12.8 Å². The van der Waals surface area contributed by atoms with E-state index in [1.807, 2.05) is 30.3 Å². The van der Waals surface area contributed by atoms with Crippen molar-refractivity contribution >= 4 is 6.08 Å². The minimum atomic E-state index is 0.574. The summed E-state index contributed by atoms with van der Waals surface area (Å²) in [7, 11) is 0. The number of hydrogen-bond acceptors (Lipinski definition) is 2. The van der Waals surface area contributed by atoms with E-state index in [1.54, 1.807) is 6.08 Å². The number of benzene rings is 2. The van der Waals surface area contributed by atoms with Gasteiger partial charge in [0, 0.05) is 6.42 Å². The van der Waals surface area contributed by atoms with Crippen molar-refractivity contribution in [2.75, 3.05) is 6.61 Å². The van der Waals surface area contributed by atoms with E-state index in [2.05, 4.69) is 36.4 Å². The van der Waals surface area contributed by atoms with E-state index in [9.17, 15) is 0 Å². The van der Waals surface area contributed by atoms with Crippen LogP contribution in [-0.2, 0) is 6.42 Å². The largest absolute Gasteiger partial charge is 0.516 e. The van der Waals surface area contributed by atoms with Gasteiger partial charge in [-0.05, 0) is 35.8 Å². The summed E-state index contributed by atoms with van der Waals surface area (Å²) >= 11 is 0. The van der Waals surface area contributed by atoms with E-state index in [-0.39, 0.29) is 0 Å². The number of aliphatic hydroxyl groups excluding tert-OH is 1. The molecule has 0 unspecified atom stereocenters. The first kappa shape index (κ1) is 14.9. The van der Waals surface area contributed by atoms with Gasteiger partial charge in [0.15, 0.2) is 0 Å². The second-order valence-electron chi connectivity index (χ2n) is 4.68. The van der Waals surface area contributed by atoms with Crippen LogP contribution in [0.1, 0.15) is 17.5 Å². The van der Waals surface area contributed by atoms with Crippen LogP contribution in [-0.4, -0.2) is 11.7 Å². The molecule has 2 nitrogen and oxygen atoms in total. The summed E-state index contributed by atoms with van der Waals surface area (Å²) in [5.41, 5.74) is 2.47. The molecule has 0 atom stereocenters. The zero-order chi connectivity index (χ0) is 14.8. The number of rotatable bonds is 7. The molecule has 2 rings (SSSR count). The SMILES string of the molecule is OC=CCCOc1ccc(CC=Cc2ccccc2)cc1. The molecule has 0 amide bonds. The van der Waals surface area contributed by atoms with Gasteiger partial charge in [0.25, 0.3) is 0 Å². The summed E-state index contributed by atoms with van der Waals surface area (Å²) in [5, 5.41) is 8.52. The van der Waals surface area contributed by atoms with Gasteiger partial charge in [-0.25, -0.2) is 0 Å². The summed E-state index contributed by atoms with van der Waals surface area (Å²) in [6.45, 7) is 0.574. The second kappa shape index (κ2) is 8.64. The van der Waals surface area contributed by atoms with Crippen LogP contribution in [0, 0.1) is 0 Å². The maximum atomic E-state index is 8.52. The number of hydrogen-bond donors (Lipinski definition) is 1. The minimum absolute atomic E-state index is 0.574. The molecule has 21 heavy (non-hydrogen) atoms. The Morgan fingerprint density at radius 2 is 1.67 bits per heavy atom. The Labute approximate surface area is 126 Å². The van der Waals surface area contributed by atoms with E-state index < -0.39 is 0 Å². The molecule has 0 spiro atoms. The first-order valence-corrected chi connectivity index (χ1v) is 7.11. The molecule has 0 aliphatic rings. The highest BCUT2D eigenvalue weighted by molar-refractivity contribution is 5.49. The zero-order valence-electron chi connectivity index (χ0n) is 12.0. The quantitative estimate of drug-likeness (QED) is 0.584. The Bertz CT molecular complexity index is 568. The lowest BCUT2D eigenvalue weighted by atomic mass is 10.1. The molecule has 0 aliphatic carbocycles. The van der Waals surface area contributed by atoms with Gasteiger partial charge < -0.3 is 9.84 Å². The Kier molecular flexibility index (Phi) is 6.14. The molecular weight excluding hydrogens is 260 g/mol. The zero-order valence-corrected chi connectivity index (χ0v) is 12.0. The standard InChI is InChI=1S/C19H20O2/c20-15-4-5-16-21-19-13-11-18(12-14-19)10-6-9-17-7-2-1-3-8-17/h1-4,6-9,11-15,20H,5,10,16H2. The average molecular weight is 280 g/mol. The molecule has 0 aliphatic heterocycles. The van der Waals surface area contributed by atoms with Crippen molar-refractivity contribution in [1.82, 2.24) is 0 Å². The van der Waals surface area contributed by atoms with Crippen molar-refractivity contribution in [3.05, 3.63) is 84.1 Å². The summed E-state index contributed by atoms with van der Waals surface area (Å²) in [4.78, 5) is 0. The number of ether oxygens (including phenoxy) is 1. The van der Waals surface area contributed by atoms with Crippen molar-refractivity contribution in [3.8, 4) is 5.75 Å². The van der Waals surface area contributed by atoms with E-state index in [1.165, 1.54) is 11.1 Å². The summed E-state index contributed by atoms with van der Waals surface area (Å²) in [5.74, 6) is 0.858. The molecule has 2 heteroatoms. The van der Waals surface area contributed by atoms with E-state index in [4.69, 9.17) is 9.84 Å². The van der Waals surface area contributed by atoms with Gasteiger partial charge in [0.05, 0.1) is 12.9 Å². The maximum Gasteiger partial charge on any atom is 0.119 e. The summed E-state index contributed by atoms with van der Waals surface area (Å²) in [6.07, 6.45) is 8.62.